The van der Waals surface area contributed by atoms with Crippen molar-refractivity contribution in [2.24, 2.45) is 0 Å². The molecule has 0 saturated carbocycles. The zero-order chi connectivity index (χ0) is 20.5. The number of anilines is 1. The highest BCUT2D eigenvalue weighted by molar-refractivity contribution is 6.06. The summed E-state index contributed by atoms with van der Waals surface area (Å²) in [5, 5.41) is 15.0. The van der Waals surface area contributed by atoms with Crippen molar-refractivity contribution in [1.82, 2.24) is 10.2 Å². The molecule has 0 atom stereocenters. The highest BCUT2D eigenvalue weighted by Crippen LogP contribution is 2.13. The Morgan fingerprint density at radius 1 is 1.25 bits per heavy atom. The van der Waals surface area contributed by atoms with Gasteiger partial charge in [-0.1, -0.05) is 0 Å². The molecule has 8 heteroatoms. The van der Waals surface area contributed by atoms with Gasteiger partial charge in [0.05, 0.1) is 6.61 Å². The van der Waals surface area contributed by atoms with Crippen LogP contribution in [0.2, 0.25) is 0 Å². The molecule has 0 unspecified atom stereocenters. The van der Waals surface area contributed by atoms with Crippen LogP contribution in [-0.2, 0) is 9.53 Å². The molecule has 0 aliphatic carbocycles. The first-order chi connectivity index (χ1) is 13.4. The number of rotatable bonds is 6. The number of amides is 2. The number of hydrogen-bond acceptors (Lipinski definition) is 6. The Bertz CT molecular complexity index is 787. The lowest BCUT2D eigenvalue weighted by molar-refractivity contribution is -0.112. The van der Waals surface area contributed by atoms with Crippen LogP contribution in [0.25, 0.3) is 0 Å². The zero-order valence-corrected chi connectivity index (χ0v) is 16.0. The van der Waals surface area contributed by atoms with E-state index in [1.54, 1.807) is 36.1 Å². The van der Waals surface area contributed by atoms with Gasteiger partial charge >= 0.3 is 6.09 Å². The summed E-state index contributed by atoms with van der Waals surface area (Å²) in [5.41, 5.74) is 0.993. The number of benzene rings is 1. The van der Waals surface area contributed by atoms with E-state index < -0.39 is 5.91 Å². The highest BCUT2D eigenvalue weighted by atomic mass is 16.6. The van der Waals surface area contributed by atoms with E-state index in [4.69, 9.17) is 4.74 Å². The first-order valence-corrected chi connectivity index (χ1v) is 9.15. The van der Waals surface area contributed by atoms with Crippen molar-refractivity contribution in [1.29, 1.82) is 5.26 Å². The average molecular weight is 384 g/mol. The third kappa shape index (κ3) is 5.84. The standard InChI is InChI=1S/C20H24N4O4/c1-3-28-20(27)24-10-8-17(9-11-24)22-13-16(12-21)19(26)23-18-6-4-15(5-7-18)14(2)25/h4-7,13,17,22H,3,8-11H2,1-2H3,(H,23,26)/b16-13-. The van der Waals surface area contributed by atoms with E-state index in [9.17, 15) is 19.6 Å². The number of nitriles is 1. The second-order valence-electron chi connectivity index (χ2n) is 6.38. The molecule has 2 rings (SSSR count). The first-order valence-electron chi connectivity index (χ1n) is 9.15. The van der Waals surface area contributed by atoms with Crippen molar-refractivity contribution in [3.8, 4) is 6.07 Å². The summed E-state index contributed by atoms with van der Waals surface area (Å²) < 4.78 is 4.98. The Hall–Kier alpha value is -3.34. The SMILES string of the molecule is CCOC(=O)N1CCC(N/C=C(/C#N)C(=O)Nc2ccc(C(C)=O)cc2)CC1. The van der Waals surface area contributed by atoms with Gasteiger partial charge in [-0.2, -0.15) is 5.26 Å². The Balaban J connectivity index is 1.88. The van der Waals surface area contributed by atoms with E-state index in [0.717, 1.165) is 0 Å². The lowest BCUT2D eigenvalue weighted by Gasteiger charge is -2.31. The number of nitrogens with zero attached hydrogens (tertiary/aromatic N) is 2. The maximum absolute atomic E-state index is 12.3. The molecular weight excluding hydrogens is 360 g/mol. The molecule has 28 heavy (non-hydrogen) atoms. The average Bonchev–Trinajstić information content (AvgIpc) is 2.69. The Morgan fingerprint density at radius 3 is 2.43 bits per heavy atom. The fourth-order valence-electron chi connectivity index (χ4n) is 2.78. The number of hydrogen-bond donors (Lipinski definition) is 2. The summed E-state index contributed by atoms with van der Waals surface area (Å²) in [7, 11) is 0. The predicted octanol–water partition coefficient (Wildman–Crippen LogP) is 2.45. The van der Waals surface area contributed by atoms with Gasteiger partial charge in [0.15, 0.2) is 5.78 Å². The number of carbonyl (C=O) groups excluding carboxylic acids is 3. The van der Waals surface area contributed by atoms with Crippen molar-refractivity contribution in [2.45, 2.75) is 32.7 Å². The Labute approximate surface area is 164 Å². The van der Waals surface area contributed by atoms with E-state index in [2.05, 4.69) is 10.6 Å². The Morgan fingerprint density at radius 2 is 1.89 bits per heavy atom. The zero-order valence-electron chi connectivity index (χ0n) is 16.0. The van der Waals surface area contributed by atoms with Gasteiger partial charge in [0.25, 0.3) is 5.91 Å². The summed E-state index contributed by atoms with van der Waals surface area (Å²) in [6.45, 7) is 4.69. The number of ketones is 1. The van der Waals surface area contributed by atoms with Crippen LogP contribution in [0.4, 0.5) is 10.5 Å². The molecule has 0 bridgehead atoms. The van der Waals surface area contributed by atoms with Crippen molar-refractivity contribution >= 4 is 23.5 Å². The normalized spacial score (nSPS) is 14.8. The molecule has 0 aromatic heterocycles. The van der Waals surface area contributed by atoms with Gasteiger partial charge in [0, 0.05) is 36.6 Å². The lowest BCUT2D eigenvalue weighted by atomic mass is 10.1. The summed E-state index contributed by atoms with van der Waals surface area (Å²) in [6, 6.07) is 8.40. The van der Waals surface area contributed by atoms with E-state index in [1.807, 2.05) is 6.07 Å². The molecule has 1 heterocycles. The number of Topliss-reactive ketones (excluding diaryl/α,β-unsaturated/α-hetero) is 1. The smallest absolute Gasteiger partial charge is 0.409 e. The lowest BCUT2D eigenvalue weighted by Crippen LogP contribution is -2.44. The molecule has 1 aliphatic rings. The summed E-state index contributed by atoms with van der Waals surface area (Å²) >= 11 is 0. The largest absolute Gasteiger partial charge is 0.450 e. The Kier molecular flexibility index (Phi) is 7.57. The maximum atomic E-state index is 12.3. The van der Waals surface area contributed by atoms with Crippen molar-refractivity contribution < 1.29 is 19.1 Å². The van der Waals surface area contributed by atoms with Crippen LogP contribution in [0.5, 0.6) is 0 Å². The molecular formula is C20H24N4O4. The summed E-state index contributed by atoms with van der Waals surface area (Å²) in [5.74, 6) is -0.594. The van der Waals surface area contributed by atoms with Crippen LogP contribution in [0.3, 0.4) is 0 Å². The molecule has 2 amide bonds. The van der Waals surface area contributed by atoms with Crippen LogP contribution < -0.4 is 10.6 Å². The first kappa shape index (κ1) is 21.0. The van der Waals surface area contributed by atoms with Crippen molar-refractivity contribution in [2.75, 3.05) is 25.0 Å². The van der Waals surface area contributed by atoms with Crippen LogP contribution >= 0.6 is 0 Å². The predicted molar refractivity (Wildman–Crippen MR) is 104 cm³/mol. The molecule has 1 saturated heterocycles. The molecule has 2 N–H and O–H groups in total. The minimum absolute atomic E-state index is 0.0523. The molecule has 1 aromatic carbocycles. The highest BCUT2D eigenvalue weighted by Gasteiger charge is 2.23. The van der Waals surface area contributed by atoms with Crippen LogP contribution in [0.1, 0.15) is 37.0 Å². The van der Waals surface area contributed by atoms with Gasteiger partial charge in [-0.25, -0.2) is 4.79 Å². The minimum atomic E-state index is -0.533. The summed E-state index contributed by atoms with van der Waals surface area (Å²) in [6.07, 6.45) is 2.48. The quantitative estimate of drug-likeness (QED) is 0.443. The molecule has 1 aromatic rings. The third-order valence-electron chi connectivity index (χ3n) is 4.40. The van der Waals surface area contributed by atoms with E-state index in [-0.39, 0.29) is 23.5 Å². The molecule has 8 nitrogen and oxygen atoms in total. The number of ether oxygens (including phenoxy) is 1. The number of likely N-dealkylation sites (tertiary alicyclic amines) is 1. The molecule has 1 fully saturated rings. The van der Waals surface area contributed by atoms with Gasteiger partial charge < -0.3 is 20.3 Å². The molecule has 0 spiro atoms. The molecule has 1 aliphatic heterocycles. The number of piperidine rings is 1. The monoisotopic (exact) mass is 384 g/mol. The van der Waals surface area contributed by atoms with E-state index in [1.165, 1.54) is 13.1 Å². The van der Waals surface area contributed by atoms with Crippen LogP contribution in [0.15, 0.2) is 36.0 Å². The topological polar surface area (TPSA) is 112 Å². The second-order valence-corrected chi connectivity index (χ2v) is 6.38. The van der Waals surface area contributed by atoms with Crippen LogP contribution in [0, 0.1) is 11.3 Å². The number of nitrogens with one attached hydrogen (secondary N) is 2. The van der Waals surface area contributed by atoms with Gasteiger partial charge in [-0.3, -0.25) is 9.59 Å². The van der Waals surface area contributed by atoms with E-state index in [0.29, 0.717) is 43.8 Å². The van der Waals surface area contributed by atoms with Gasteiger partial charge in [0.2, 0.25) is 0 Å². The molecule has 0 radical (unpaired) electrons. The second kappa shape index (κ2) is 10.1. The molecule has 148 valence electrons. The van der Waals surface area contributed by atoms with Gasteiger partial charge in [0.1, 0.15) is 11.6 Å². The third-order valence-corrected chi connectivity index (χ3v) is 4.40. The fourth-order valence-corrected chi connectivity index (χ4v) is 2.78. The number of carbonyl (C=O) groups is 3. The van der Waals surface area contributed by atoms with Crippen LogP contribution in [-0.4, -0.2) is 48.4 Å². The minimum Gasteiger partial charge on any atom is -0.450 e. The van der Waals surface area contributed by atoms with Crippen molar-refractivity contribution in [3.05, 3.63) is 41.6 Å². The summed E-state index contributed by atoms with van der Waals surface area (Å²) in [4.78, 5) is 36.9. The maximum Gasteiger partial charge on any atom is 0.409 e. The van der Waals surface area contributed by atoms with Gasteiger partial charge in [-0.05, 0) is 51.0 Å². The van der Waals surface area contributed by atoms with Crippen molar-refractivity contribution in [3.63, 3.8) is 0 Å². The van der Waals surface area contributed by atoms with Gasteiger partial charge in [-0.15, -0.1) is 0 Å². The fraction of sp³-hybridized carbons (Fsp3) is 0.400. The van der Waals surface area contributed by atoms with E-state index >= 15 is 0 Å².